The minimum absolute atomic E-state index is 0.0331. The molecule has 0 saturated heterocycles. The monoisotopic (exact) mass is 284 g/mol. The number of carbonyl (C=O) groups excluding carboxylic acids is 1. The first kappa shape index (κ1) is 11.4. The molecule has 2 rings (SSSR count). The molecule has 1 aliphatic rings. The number of hydrogen-bond donors (Lipinski definition) is 1. The first-order valence-electron chi connectivity index (χ1n) is 5.08. The normalized spacial score (nSPS) is 14.6. The van der Waals surface area contributed by atoms with Gasteiger partial charge in [0.25, 0.3) is 5.91 Å². The van der Waals surface area contributed by atoms with Crippen LogP contribution in [0.3, 0.4) is 0 Å². The lowest BCUT2D eigenvalue weighted by molar-refractivity contribution is -0.121. The molecule has 0 aromatic heterocycles. The van der Waals surface area contributed by atoms with E-state index in [1.807, 2.05) is 18.2 Å². The maximum Gasteiger partial charge on any atom is 0.265 e. The van der Waals surface area contributed by atoms with Crippen molar-refractivity contribution in [1.29, 1.82) is 0 Å². The Morgan fingerprint density at radius 1 is 1.50 bits per heavy atom. The van der Waals surface area contributed by atoms with Crippen LogP contribution in [-0.4, -0.2) is 24.5 Å². The smallest absolute Gasteiger partial charge is 0.265 e. The van der Waals surface area contributed by atoms with Gasteiger partial charge in [0.05, 0.1) is 11.1 Å². The summed E-state index contributed by atoms with van der Waals surface area (Å²) >= 11 is 3.31. The van der Waals surface area contributed by atoms with E-state index in [4.69, 9.17) is 10.5 Å². The number of nitrogens with two attached hydrogens (primary N) is 1. The van der Waals surface area contributed by atoms with E-state index >= 15 is 0 Å². The van der Waals surface area contributed by atoms with Crippen LogP contribution in [0.25, 0.3) is 0 Å². The summed E-state index contributed by atoms with van der Waals surface area (Å²) in [6, 6.07) is 5.83. The number of anilines is 1. The lowest BCUT2D eigenvalue weighted by atomic mass is 10.1. The van der Waals surface area contributed by atoms with Gasteiger partial charge in [-0.2, -0.15) is 0 Å². The molecule has 2 N–H and O–H groups in total. The van der Waals surface area contributed by atoms with E-state index in [-0.39, 0.29) is 12.5 Å². The van der Waals surface area contributed by atoms with Crippen LogP contribution in [0, 0.1) is 0 Å². The molecule has 0 spiro atoms. The molecule has 0 saturated carbocycles. The molecule has 0 atom stereocenters. The Morgan fingerprint density at radius 3 is 3.00 bits per heavy atom. The van der Waals surface area contributed by atoms with Crippen LogP contribution in [0.15, 0.2) is 18.2 Å². The molecular weight excluding hydrogens is 272 g/mol. The van der Waals surface area contributed by atoms with Gasteiger partial charge >= 0.3 is 0 Å². The van der Waals surface area contributed by atoms with E-state index in [0.29, 0.717) is 12.0 Å². The Balaban J connectivity index is 2.37. The second kappa shape index (κ2) is 4.84. The topological polar surface area (TPSA) is 55.6 Å². The van der Waals surface area contributed by atoms with Crippen molar-refractivity contribution in [3.63, 3.8) is 0 Å². The maximum atomic E-state index is 11.6. The van der Waals surface area contributed by atoms with Crippen LogP contribution in [0.1, 0.15) is 5.56 Å². The Hall–Kier alpha value is -1.07. The highest BCUT2D eigenvalue weighted by molar-refractivity contribution is 9.09. The fourth-order valence-corrected chi connectivity index (χ4v) is 2.25. The molecule has 4 nitrogen and oxygen atoms in total. The quantitative estimate of drug-likeness (QED) is 0.672. The number of ether oxygens (including phenoxy) is 1. The molecule has 1 amide bonds. The van der Waals surface area contributed by atoms with Gasteiger partial charge in [0.1, 0.15) is 5.75 Å². The van der Waals surface area contributed by atoms with Gasteiger partial charge in [-0.05, 0) is 30.7 Å². The number of nitrogens with zero attached hydrogens (tertiary/aromatic N) is 1. The highest BCUT2D eigenvalue weighted by Crippen LogP contribution is 2.33. The summed E-state index contributed by atoms with van der Waals surface area (Å²) in [6.45, 7) is 0.705. The molecular formula is C11H13BrN2O2. The van der Waals surface area contributed by atoms with Crippen molar-refractivity contribution < 1.29 is 9.53 Å². The minimum atomic E-state index is -0.0331. The zero-order valence-electron chi connectivity index (χ0n) is 8.78. The molecule has 86 valence electrons. The molecule has 0 fully saturated rings. The van der Waals surface area contributed by atoms with Gasteiger partial charge < -0.3 is 10.5 Å². The Bertz CT molecular complexity index is 409. The molecule has 5 heteroatoms. The largest absolute Gasteiger partial charge is 0.482 e. The summed E-state index contributed by atoms with van der Waals surface area (Å²) in [5, 5.41) is 0. The molecule has 0 bridgehead atoms. The van der Waals surface area contributed by atoms with Crippen molar-refractivity contribution >= 4 is 27.5 Å². The molecule has 1 heterocycles. The first-order valence-corrected chi connectivity index (χ1v) is 6.20. The van der Waals surface area contributed by atoms with Gasteiger partial charge in [0, 0.05) is 0 Å². The third-order valence-corrected chi connectivity index (χ3v) is 3.02. The minimum Gasteiger partial charge on any atom is -0.482 e. The number of fused-ring (bicyclic) bond motifs is 1. The van der Waals surface area contributed by atoms with Crippen molar-refractivity contribution in [1.82, 2.24) is 0 Å². The molecule has 1 aromatic rings. The average molecular weight is 285 g/mol. The third kappa shape index (κ3) is 2.05. The van der Waals surface area contributed by atoms with Crippen LogP contribution in [-0.2, 0) is 11.2 Å². The number of halogens is 1. The lowest BCUT2D eigenvalue weighted by Gasteiger charge is -2.28. The van der Waals surface area contributed by atoms with Crippen molar-refractivity contribution in [3.05, 3.63) is 23.8 Å². The maximum absolute atomic E-state index is 11.6. The van der Waals surface area contributed by atoms with Crippen LogP contribution in [0.4, 0.5) is 5.69 Å². The zero-order chi connectivity index (χ0) is 11.5. The van der Waals surface area contributed by atoms with Crippen molar-refractivity contribution in [2.24, 2.45) is 5.73 Å². The average Bonchev–Trinajstić information content (AvgIpc) is 2.29. The number of hydrogen-bond acceptors (Lipinski definition) is 3. The van der Waals surface area contributed by atoms with Crippen molar-refractivity contribution in [3.8, 4) is 5.75 Å². The highest BCUT2D eigenvalue weighted by Gasteiger charge is 2.24. The summed E-state index contributed by atoms with van der Waals surface area (Å²) in [6.07, 6.45) is 0.803. The summed E-state index contributed by atoms with van der Waals surface area (Å²) < 4.78 is 5.36. The predicted molar refractivity (Wildman–Crippen MR) is 66.0 cm³/mol. The number of amides is 1. The van der Waals surface area contributed by atoms with Crippen LogP contribution < -0.4 is 15.4 Å². The Labute approximate surface area is 102 Å². The highest BCUT2D eigenvalue weighted by atomic mass is 79.9. The lowest BCUT2D eigenvalue weighted by Crippen LogP contribution is -2.37. The van der Waals surface area contributed by atoms with Crippen LogP contribution >= 0.6 is 15.9 Å². The standard InChI is InChI=1S/C11H13BrN2O2/c12-7-14-9-5-8(3-4-13)1-2-10(9)16-6-11(14)15/h1-2,5H,3-4,6-7,13H2. The van der Waals surface area contributed by atoms with Crippen molar-refractivity contribution in [2.75, 3.05) is 23.5 Å². The van der Waals surface area contributed by atoms with Gasteiger partial charge in [0.2, 0.25) is 0 Å². The molecule has 0 aliphatic carbocycles. The zero-order valence-corrected chi connectivity index (χ0v) is 10.4. The second-order valence-corrected chi connectivity index (χ2v) is 4.07. The van der Waals surface area contributed by atoms with E-state index in [1.165, 1.54) is 0 Å². The van der Waals surface area contributed by atoms with E-state index in [1.54, 1.807) is 4.90 Å². The molecule has 0 radical (unpaired) electrons. The number of rotatable bonds is 3. The summed E-state index contributed by atoms with van der Waals surface area (Å²) in [5.41, 5.74) is 7.93. The molecule has 16 heavy (non-hydrogen) atoms. The summed E-state index contributed by atoms with van der Waals surface area (Å²) in [7, 11) is 0. The number of alkyl halides is 1. The summed E-state index contributed by atoms with van der Waals surface area (Å²) in [5.74, 6) is 0.717. The van der Waals surface area contributed by atoms with E-state index in [0.717, 1.165) is 23.4 Å². The Kier molecular flexibility index (Phi) is 3.46. The van der Waals surface area contributed by atoms with Gasteiger partial charge in [-0.3, -0.25) is 9.69 Å². The van der Waals surface area contributed by atoms with Gasteiger partial charge in [-0.1, -0.05) is 22.0 Å². The molecule has 1 aliphatic heterocycles. The SMILES string of the molecule is NCCc1ccc2c(c1)N(CBr)C(=O)CO2. The number of benzene rings is 1. The first-order chi connectivity index (χ1) is 7.76. The van der Waals surface area contributed by atoms with E-state index in [9.17, 15) is 4.79 Å². The van der Waals surface area contributed by atoms with Crippen molar-refractivity contribution in [2.45, 2.75) is 6.42 Å². The van der Waals surface area contributed by atoms with Gasteiger partial charge in [-0.15, -0.1) is 0 Å². The Morgan fingerprint density at radius 2 is 2.31 bits per heavy atom. The fraction of sp³-hybridized carbons (Fsp3) is 0.364. The van der Waals surface area contributed by atoms with E-state index < -0.39 is 0 Å². The molecule has 0 unspecified atom stereocenters. The summed E-state index contributed by atoms with van der Waals surface area (Å²) in [4.78, 5) is 13.3. The third-order valence-electron chi connectivity index (χ3n) is 2.52. The van der Waals surface area contributed by atoms with Gasteiger partial charge in [-0.25, -0.2) is 0 Å². The van der Waals surface area contributed by atoms with Gasteiger partial charge in [0.15, 0.2) is 6.61 Å². The fourth-order valence-electron chi connectivity index (χ4n) is 1.70. The number of carbonyl (C=O) groups is 1. The van der Waals surface area contributed by atoms with E-state index in [2.05, 4.69) is 15.9 Å². The molecule has 1 aromatic carbocycles. The van der Waals surface area contributed by atoms with Crippen LogP contribution in [0.5, 0.6) is 5.75 Å². The predicted octanol–water partition coefficient (Wildman–Crippen LogP) is 1.27. The second-order valence-electron chi connectivity index (χ2n) is 3.57. The van der Waals surface area contributed by atoms with Crippen LogP contribution in [0.2, 0.25) is 0 Å².